The summed E-state index contributed by atoms with van der Waals surface area (Å²) < 4.78 is 15.1. The Kier molecular flexibility index (Phi) is 2.19. The van der Waals surface area contributed by atoms with Gasteiger partial charge in [0.2, 0.25) is 0 Å². The summed E-state index contributed by atoms with van der Waals surface area (Å²) in [6, 6.07) is 0. The van der Waals surface area contributed by atoms with Crippen LogP contribution in [-0.2, 0) is 19.3 Å². The molecule has 12 heavy (non-hydrogen) atoms. The molecule has 0 atom stereocenters. The number of imidazole rings is 1. The summed E-state index contributed by atoms with van der Waals surface area (Å²) >= 11 is 0. The van der Waals surface area contributed by atoms with Gasteiger partial charge < -0.3 is 10.3 Å². The average Bonchev–Trinajstić information content (AvgIpc) is 2.29. The number of alkyl halides is 1. The van der Waals surface area contributed by atoms with Gasteiger partial charge in [-0.1, -0.05) is 0 Å². The van der Waals surface area contributed by atoms with Gasteiger partial charge >= 0.3 is 0 Å². The third kappa shape index (κ3) is 1.48. The van der Waals surface area contributed by atoms with Crippen molar-refractivity contribution in [1.29, 1.82) is 0 Å². The van der Waals surface area contributed by atoms with Gasteiger partial charge in [-0.3, -0.25) is 0 Å². The van der Waals surface area contributed by atoms with Crippen molar-refractivity contribution in [1.82, 2.24) is 9.55 Å². The molecule has 3 nitrogen and oxygen atoms in total. The van der Waals surface area contributed by atoms with Crippen molar-refractivity contribution in [2.45, 2.75) is 26.1 Å². The largest absolute Gasteiger partial charge is 0.331 e. The number of nitrogens with zero attached hydrogens (tertiary/aromatic N) is 2. The molecule has 1 aromatic heterocycles. The average molecular weight is 171 g/mol. The quantitative estimate of drug-likeness (QED) is 0.723. The van der Waals surface area contributed by atoms with E-state index in [1.54, 1.807) is 17.8 Å². The number of hydrogen-bond acceptors (Lipinski definition) is 2. The highest BCUT2D eigenvalue weighted by Gasteiger charge is 2.24. The molecule has 0 radical (unpaired) electrons. The van der Waals surface area contributed by atoms with Crippen LogP contribution >= 0.6 is 0 Å². The molecule has 0 unspecified atom stereocenters. The molecule has 1 heterocycles. The second-order valence-corrected chi connectivity index (χ2v) is 3.31. The molecule has 1 rings (SSSR count). The molecule has 0 fully saturated rings. The van der Waals surface area contributed by atoms with Crippen molar-refractivity contribution < 1.29 is 4.39 Å². The maximum atomic E-state index is 13.4. The molecule has 0 aromatic carbocycles. The fourth-order valence-corrected chi connectivity index (χ4v) is 1.19. The fourth-order valence-electron chi connectivity index (χ4n) is 1.19. The highest BCUT2D eigenvalue weighted by atomic mass is 19.1. The summed E-state index contributed by atoms with van der Waals surface area (Å²) in [5, 5.41) is 0. The van der Waals surface area contributed by atoms with E-state index in [1.165, 1.54) is 13.8 Å². The first-order chi connectivity index (χ1) is 5.46. The molecule has 0 bridgehead atoms. The molecule has 2 N–H and O–H groups in total. The Hall–Kier alpha value is -0.900. The molecule has 4 heteroatoms. The highest BCUT2D eigenvalue weighted by molar-refractivity contribution is 5.09. The Labute approximate surface area is 71.4 Å². The number of rotatable bonds is 2. The Bertz CT molecular complexity index is 272. The van der Waals surface area contributed by atoms with Crippen molar-refractivity contribution in [2.75, 3.05) is 0 Å². The van der Waals surface area contributed by atoms with E-state index in [9.17, 15) is 4.39 Å². The van der Waals surface area contributed by atoms with E-state index in [1.807, 2.05) is 0 Å². The summed E-state index contributed by atoms with van der Waals surface area (Å²) in [6.45, 7) is 3.35. The summed E-state index contributed by atoms with van der Waals surface area (Å²) in [4.78, 5) is 3.97. The Morgan fingerprint density at radius 2 is 2.25 bits per heavy atom. The fraction of sp³-hybridized carbons (Fsp3) is 0.625. The van der Waals surface area contributed by atoms with E-state index >= 15 is 0 Å². The minimum absolute atomic E-state index is 0.388. The maximum absolute atomic E-state index is 13.4. The first kappa shape index (κ1) is 9.19. The zero-order valence-corrected chi connectivity index (χ0v) is 7.63. The molecular formula is C8H14FN3. The van der Waals surface area contributed by atoms with Crippen LogP contribution in [0, 0.1) is 0 Å². The van der Waals surface area contributed by atoms with Gasteiger partial charge in [0.15, 0.2) is 5.67 Å². The van der Waals surface area contributed by atoms with Crippen LogP contribution < -0.4 is 5.73 Å². The van der Waals surface area contributed by atoms with Crippen molar-refractivity contribution >= 4 is 0 Å². The first-order valence-electron chi connectivity index (χ1n) is 3.87. The van der Waals surface area contributed by atoms with Gasteiger partial charge in [-0.05, 0) is 13.8 Å². The van der Waals surface area contributed by atoms with E-state index in [0.29, 0.717) is 12.4 Å². The summed E-state index contributed by atoms with van der Waals surface area (Å²) in [6.07, 6.45) is 1.61. The molecule has 0 aliphatic rings. The Morgan fingerprint density at radius 1 is 1.67 bits per heavy atom. The van der Waals surface area contributed by atoms with Gasteiger partial charge in [-0.2, -0.15) is 0 Å². The van der Waals surface area contributed by atoms with E-state index in [2.05, 4.69) is 4.98 Å². The van der Waals surface area contributed by atoms with Gasteiger partial charge in [0.05, 0.1) is 5.69 Å². The zero-order valence-electron chi connectivity index (χ0n) is 7.63. The highest BCUT2D eigenvalue weighted by Crippen LogP contribution is 2.22. The second kappa shape index (κ2) is 2.86. The smallest absolute Gasteiger partial charge is 0.162 e. The monoisotopic (exact) mass is 171 g/mol. The van der Waals surface area contributed by atoms with Crippen LogP contribution in [0.4, 0.5) is 4.39 Å². The van der Waals surface area contributed by atoms with Crippen LogP contribution in [-0.4, -0.2) is 9.55 Å². The predicted octanol–water partition coefficient (Wildman–Crippen LogP) is 1.08. The van der Waals surface area contributed by atoms with E-state index in [4.69, 9.17) is 5.73 Å². The van der Waals surface area contributed by atoms with Gasteiger partial charge in [0.1, 0.15) is 5.82 Å². The normalized spacial score (nSPS) is 12.1. The number of halogens is 1. The molecule has 0 saturated heterocycles. The summed E-state index contributed by atoms with van der Waals surface area (Å²) in [5.74, 6) is 0.419. The van der Waals surface area contributed by atoms with Crippen LogP contribution in [0.25, 0.3) is 0 Å². The molecule has 0 saturated carbocycles. The van der Waals surface area contributed by atoms with Gasteiger partial charge in [0.25, 0.3) is 0 Å². The molecular weight excluding hydrogens is 157 g/mol. The van der Waals surface area contributed by atoms with Crippen molar-refractivity contribution in [3.05, 3.63) is 17.7 Å². The molecule has 68 valence electrons. The molecule has 0 amide bonds. The number of hydrogen-bond donors (Lipinski definition) is 1. The Morgan fingerprint density at radius 3 is 2.50 bits per heavy atom. The minimum Gasteiger partial charge on any atom is -0.331 e. The third-order valence-corrected chi connectivity index (χ3v) is 1.83. The lowest BCUT2D eigenvalue weighted by molar-refractivity contribution is 0.201. The number of aromatic nitrogens is 2. The van der Waals surface area contributed by atoms with Crippen molar-refractivity contribution in [2.24, 2.45) is 12.8 Å². The zero-order chi connectivity index (χ0) is 9.35. The maximum Gasteiger partial charge on any atom is 0.162 e. The Balaban J connectivity index is 3.11. The van der Waals surface area contributed by atoms with E-state index in [-0.39, 0.29) is 0 Å². The van der Waals surface area contributed by atoms with E-state index < -0.39 is 5.67 Å². The third-order valence-electron chi connectivity index (χ3n) is 1.83. The van der Waals surface area contributed by atoms with Crippen LogP contribution in [0.5, 0.6) is 0 Å². The summed E-state index contributed by atoms with van der Waals surface area (Å²) in [5.41, 5.74) is 4.87. The predicted molar refractivity (Wildman–Crippen MR) is 45.2 cm³/mol. The van der Waals surface area contributed by atoms with E-state index in [0.717, 1.165) is 5.69 Å². The van der Waals surface area contributed by atoms with Crippen molar-refractivity contribution in [3.8, 4) is 0 Å². The lowest BCUT2D eigenvalue weighted by atomic mass is 10.1. The lowest BCUT2D eigenvalue weighted by Gasteiger charge is -2.14. The van der Waals surface area contributed by atoms with Crippen LogP contribution in [0.2, 0.25) is 0 Å². The number of nitrogens with two attached hydrogens (primary N) is 1. The van der Waals surface area contributed by atoms with Gasteiger partial charge in [0, 0.05) is 19.8 Å². The standard InChI is InChI=1S/C8H14FN3/c1-8(2,9)7-11-5-6(4-10)12(7)3/h5H,4,10H2,1-3H3. The molecule has 0 spiro atoms. The lowest BCUT2D eigenvalue weighted by Crippen LogP contribution is -2.17. The molecule has 0 aliphatic carbocycles. The SMILES string of the molecule is Cn1c(CN)cnc1C(C)(C)F. The van der Waals surface area contributed by atoms with Crippen LogP contribution in [0.1, 0.15) is 25.4 Å². The summed E-state index contributed by atoms with van der Waals surface area (Å²) in [7, 11) is 1.77. The molecule has 1 aromatic rings. The topological polar surface area (TPSA) is 43.8 Å². The van der Waals surface area contributed by atoms with Crippen LogP contribution in [0.3, 0.4) is 0 Å². The van der Waals surface area contributed by atoms with Crippen LogP contribution in [0.15, 0.2) is 6.20 Å². The van der Waals surface area contributed by atoms with Gasteiger partial charge in [-0.15, -0.1) is 0 Å². The second-order valence-electron chi connectivity index (χ2n) is 3.31. The molecule has 0 aliphatic heterocycles. The first-order valence-corrected chi connectivity index (χ1v) is 3.87. The van der Waals surface area contributed by atoms with Crippen molar-refractivity contribution in [3.63, 3.8) is 0 Å². The van der Waals surface area contributed by atoms with Gasteiger partial charge in [-0.25, -0.2) is 9.37 Å². The minimum atomic E-state index is -1.40.